The van der Waals surface area contributed by atoms with E-state index in [0.717, 1.165) is 25.0 Å². The lowest BCUT2D eigenvalue weighted by Crippen LogP contribution is -2.40. The number of amides is 1. The van der Waals surface area contributed by atoms with E-state index < -0.39 is 18.3 Å². The number of carbonyl (C=O) groups excluding carboxylic acids is 1. The Morgan fingerprint density at radius 2 is 2.04 bits per heavy atom. The summed E-state index contributed by atoms with van der Waals surface area (Å²) in [7, 11) is 0. The van der Waals surface area contributed by atoms with Gasteiger partial charge in [-0.15, -0.1) is 0 Å². The van der Waals surface area contributed by atoms with Crippen molar-refractivity contribution in [3.8, 4) is 11.3 Å². The number of aliphatic hydroxyl groups excluding tert-OH is 1. The van der Waals surface area contributed by atoms with E-state index in [4.69, 9.17) is 5.11 Å². The van der Waals surface area contributed by atoms with Crippen LogP contribution in [0.15, 0.2) is 36.7 Å². The average molecular weight is 365 g/mol. The molecule has 1 N–H and O–H groups in total. The third-order valence-corrected chi connectivity index (χ3v) is 4.49. The van der Waals surface area contributed by atoms with Crippen LogP contribution >= 0.6 is 0 Å². The Morgan fingerprint density at radius 1 is 1.27 bits per heavy atom. The first kappa shape index (κ1) is 18.3. The van der Waals surface area contributed by atoms with Crippen molar-refractivity contribution in [3.63, 3.8) is 0 Å². The monoisotopic (exact) mass is 365 g/mol. The molecule has 0 aliphatic carbocycles. The zero-order valence-electron chi connectivity index (χ0n) is 13.9. The summed E-state index contributed by atoms with van der Waals surface area (Å²) in [5.74, 6) is -0.503. The van der Waals surface area contributed by atoms with Gasteiger partial charge in [0.15, 0.2) is 0 Å². The van der Waals surface area contributed by atoms with E-state index >= 15 is 0 Å². The van der Waals surface area contributed by atoms with Crippen LogP contribution in [0.25, 0.3) is 11.3 Å². The number of likely N-dealkylation sites (tertiary alicyclic amines) is 1. The SMILES string of the molecule is O=C(CO)N1CCC[C@H](c2nccnc2-c2cccc(C(F)(F)F)c2)C1. The van der Waals surface area contributed by atoms with Gasteiger partial charge in [0.2, 0.25) is 5.91 Å². The molecule has 0 bridgehead atoms. The Kier molecular flexibility index (Phi) is 5.22. The van der Waals surface area contributed by atoms with Gasteiger partial charge >= 0.3 is 6.18 Å². The summed E-state index contributed by atoms with van der Waals surface area (Å²) in [4.78, 5) is 21.9. The average Bonchev–Trinajstić information content (AvgIpc) is 2.67. The van der Waals surface area contributed by atoms with Gasteiger partial charge in [-0.1, -0.05) is 12.1 Å². The van der Waals surface area contributed by atoms with Crippen LogP contribution in [0.4, 0.5) is 13.2 Å². The van der Waals surface area contributed by atoms with Gasteiger partial charge in [-0.2, -0.15) is 13.2 Å². The second-order valence-corrected chi connectivity index (χ2v) is 6.21. The van der Waals surface area contributed by atoms with Crippen molar-refractivity contribution in [2.45, 2.75) is 24.9 Å². The fourth-order valence-electron chi connectivity index (χ4n) is 3.24. The van der Waals surface area contributed by atoms with Crippen molar-refractivity contribution < 1.29 is 23.1 Å². The number of aliphatic hydroxyl groups is 1. The first-order chi connectivity index (χ1) is 12.4. The minimum Gasteiger partial charge on any atom is -0.387 e. The Labute approximate surface area is 148 Å². The number of piperidine rings is 1. The molecule has 5 nitrogen and oxygen atoms in total. The highest BCUT2D eigenvalue weighted by atomic mass is 19.4. The van der Waals surface area contributed by atoms with Gasteiger partial charge in [-0.25, -0.2) is 0 Å². The molecule has 1 fully saturated rings. The van der Waals surface area contributed by atoms with Crippen molar-refractivity contribution in [3.05, 3.63) is 47.9 Å². The smallest absolute Gasteiger partial charge is 0.387 e. The van der Waals surface area contributed by atoms with Crippen LogP contribution in [0, 0.1) is 0 Å². The lowest BCUT2D eigenvalue weighted by molar-refractivity contribution is -0.137. The Bertz CT molecular complexity index is 795. The Morgan fingerprint density at radius 3 is 2.77 bits per heavy atom. The van der Waals surface area contributed by atoms with Crippen LogP contribution < -0.4 is 0 Å². The van der Waals surface area contributed by atoms with E-state index in [1.165, 1.54) is 18.5 Å². The molecule has 3 rings (SSSR count). The van der Waals surface area contributed by atoms with E-state index in [1.54, 1.807) is 11.0 Å². The van der Waals surface area contributed by atoms with Crippen molar-refractivity contribution in [2.24, 2.45) is 0 Å². The van der Waals surface area contributed by atoms with E-state index in [1.807, 2.05) is 0 Å². The lowest BCUT2D eigenvalue weighted by Gasteiger charge is -2.32. The molecule has 1 aromatic heterocycles. The highest BCUT2D eigenvalue weighted by molar-refractivity contribution is 5.77. The van der Waals surface area contributed by atoms with E-state index in [0.29, 0.717) is 30.0 Å². The summed E-state index contributed by atoms with van der Waals surface area (Å²) in [5.41, 5.74) is 0.560. The highest BCUT2D eigenvalue weighted by Crippen LogP contribution is 2.35. The molecule has 1 atom stereocenters. The largest absolute Gasteiger partial charge is 0.416 e. The van der Waals surface area contributed by atoms with Crippen molar-refractivity contribution in [1.82, 2.24) is 14.9 Å². The third-order valence-electron chi connectivity index (χ3n) is 4.49. The zero-order chi connectivity index (χ0) is 18.7. The zero-order valence-corrected chi connectivity index (χ0v) is 13.9. The van der Waals surface area contributed by atoms with Gasteiger partial charge in [-0.3, -0.25) is 14.8 Å². The second kappa shape index (κ2) is 7.41. The van der Waals surface area contributed by atoms with Crippen molar-refractivity contribution in [2.75, 3.05) is 19.7 Å². The summed E-state index contributed by atoms with van der Waals surface area (Å²) in [6, 6.07) is 5.00. The summed E-state index contributed by atoms with van der Waals surface area (Å²) in [6.45, 7) is 0.354. The first-order valence-corrected chi connectivity index (χ1v) is 8.27. The molecule has 138 valence electrons. The molecular weight excluding hydrogens is 347 g/mol. The molecule has 1 aromatic carbocycles. The Balaban J connectivity index is 1.95. The minimum atomic E-state index is -4.44. The molecule has 0 saturated carbocycles. The molecule has 1 amide bonds. The number of hydrogen-bond donors (Lipinski definition) is 1. The van der Waals surface area contributed by atoms with Crippen LogP contribution in [0.2, 0.25) is 0 Å². The molecule has 2 heterocycles. The third kappa shape index (κ3) is 3.85. The molecular formula is C18H18F3N3O2. The second-order valence-electron chi connectivity index (χ2n) is 6.21. The first-order valence-electron chi connectivity index (χ1n) is 8.27. The van der Waals surface area contributed by atoms with Gasteiger partial charge in [0.25, 0.3) is 0 Å². The molecule has 0 spiro atoms. The van der Waals surface area contributed by atoms with Gasteiger partial charge in [-0.05, 0) is 25.0 Å². The van der Waals surface area contributed by atoms with Gasteiger partial charge in [0.1, 0.15) is 6.61 Å². The fourth-order valence-corrected chi connectivity index (χ4v) is 3.24. The maximum absolute atomic E-state index is 13.0. The summed E-state index contributed by atoms with van der Waals surface area (Å²) < 4.78 is 39.0. The number of halogens is 3. The maximum Gasteiger partial charge on any atom is 0.416 e. The minimum absolute atomic E-state index is 0.141. The molecule has 1 aliphatic rings. The number of rotatable bonds is 3. The quantitative estimate of drug-likeness (QED) is 0.908. The lowest BCUT2D eigenvalue weighted by atomic mass is 9.91. The van der Waals surface area contributed by atoms with Crippen LogP contribution in [-0.4, -0.2) is 45.6 Å². The fraction of sp³-hybridized carbons (Fsp3) is 0.389. The van der Waals surface area contributed by atoms with Gasteiger partial charge in [0, 0.05) is 37.0 Å². The standard InChI is InChI=1S/C18H18F3N3O2/c19-18(20,21)14-5-1-3-12(9-14)16-17(23-7-6-22-16)13-4-2-8-24(10-13)15(26)11-25/h1,3,5-7,9,13,25H,2,4,8,10-11H2/t13-/m0/s1. The molecule has 2 aromatic rings. The number of aromatic nitrogens is 2. The summed E-state index contributed by atoms with van der Waals surface area (Å²) >= 11 is 0. The maximum atomic E-state index is 13.0. The van der Waals surface area contributed by atoms with Crippen molar-refractivity contribution in [1.29, 1.82) is 0 Å². The molecule has 0 unspecified atom stereocenters. The number of nitrogens with zero attached hydrogens (tertiary/aromatic N) is 3. The molecule has 8 heteroatoms. The van der Waals surface area contributed by atoms with Crippen LogP contribution in [-0.2, 0) is 11.0 Å². The van der Waals surface area contributed by atoms with Crippen LogP contribution in [0.3, 0.4) is 0 Å². The predicted octanol–water partition coefficient (Wildman–Crippen LogP) is 2.86. The number of hydrogen-bond acceptors (Lipinski definition) is 4. The molecule has 1 aliphatic heterocycles. The van der Waals surface area contributed by atoms with E-state index in [-0.39, 0.29) is 11.8 Å². The normalized spacial score (nSPS) is 18.0. The number of carbonyl (C=O) groups is 1. The summed E-state index contributed by atoms with van der Waals surface area (Å²) in [6.07, 6.45) is -0.0136. The van der Waals surface area contributed by atoms with Gasteiger partial charge < -0.3 is 10.0 Å². The van der Waals surface area contributed by atoms with E-state index in [2.05, 4.69) is 9.97 Å². The van der Waals surface area contributed by atoms with Crippen molar-refractivity contribution >= 4 is 5.91 Å². The van der Waals surface area contributed by atoms with E-state index in [9.17, 15) is 18.0 Å². The molecule has 1 saturated heterocycles. The Hall–Kier alpha value is -2.48. The highest BCUT2D eigenvalue weighted by Gasteiger charge is 2.32. The van der Waals surface area contributed by atoms with Crippen LogP contribution in [0.1, 0.15) is 30.0 Å². The predicted molar refractivity (Wildman–Crippen MR) is 88.1 cm³/mol. The van der Waals surface area contributed by atoms with Gasteiger partial charge in [0.05, 0.1) is 17.0 Å². The molecule has 26 heavy (non-hydrogen) atoms. The number of alkyl halides is 3. The number of benzene rings is 1. The molecule has 0 radical (unpaired) electrons. The van der Waals surface area contributed by atoms with Crippen LogP contribution in [0.5, 0.6) is 0 Å². The topological polar surface area (TPSA) is 66.3 Å². The summed E-state index contributed by atoms with van der Waals surface area (Å²) in [5, 5.41) is 9.06.